The van der Waals surface area contributed by atoms with Gasteiger partial charge in [-0.3, -0.25) is 4.98 Å². The lowest BCUT2D eigenvalue weighted by molar-refractivity contribution is 0.210. The number of benzene rings is 2. The molecule has 4 aromatic rings. The highest BCUT2D eigenvalue weighted by Crippen LogP contribution is 2.44. The minimum absolute atomic E-state index is 0.163. The van der Waals surface area contributed by atoms with Gasteiger partial charge in [0.2, 0.25) is 0 Å². The molecule has 188 valence electrons. The van der Waals surface area contributed by atoms with Crippen LogP contribution in [0.25, 0.3) is 11.3 Å². The van der Waals surface area contributed by atoms with Crippen molar-refractivity contribution in [2.45, 2.75) is 50.8 Å². The Morgan fingerprint density at radius 2 is 1.84 bits per heavy atom. The molecule has 0 unspecified atom stereocenters. The molecule has 2 atom stereocenters. The van der Waals surface area contributed by atoms with E-state index in [4.69, 9.17) is 21.4 Å². The maximum Gasteiger partial charge on any atom is 0.174 e. The first-order chi connectivity index (χ1) is 18.1. The Kier molecular flexibility index (Phi) is 6.74. The van der Waals surface area contributed by atoms with Crippen LogP contribution in [0.3, 0.4) is 0 Å². The third kappa shape index (κ3) is 4.90. The third-order valence-electron chi connectivity index (χ3n) is 7.13. The number of hydrogen-bond acceptors (Lipinski definition) is 4. The fourth-order valence-corrected chi connectivity index (χ4v) is 6.32. The highest BCUT2D eigenvalue weighted by atomic mass is 79.9. The molecule has 2 aliphatic rings. The number of ether oxygens (including phenoxy) is 1. The number of nitrogens with zero attached hydrogens (tertiary/aromatic N) is 2. The van der Waals surface area contributed by atoms with Crippen molar-refractivity contribution in [3.8, 4) is 17.1 Å². The van der Waals surface area contributed by atoms with Crippen molar-refractivity contribution >= 4 is 38.9 Å². The Bertz CT molecular complexity index is 1400. The lowest BCUT2D eigenvalue weighted by Crippen LogP contribution is -2.29. The first-order valence-electron chi connectivity index (χ1n) is 12.7. The standard InChI is InChI=1S/C30H28BrN3O2S/c1-19-9-14-23(24(31)18-19)26-15-16-27(36-26)29-28(25-8-4-5-17-32-25)33-30(37)34(29)20-10-12-22(13-11-20)35-21-6-2-3-7-21/h4-5,8-18,21,28-29H,2-3,6-7H2,1H3,(H,33,37)/t28-,29-/m1/s1. The van der Waals surface area contributed by atoms with Crippen LogP contribution < -0.4 is 15.0 Å². The van der Waals surface area contributed by atoms with E-state index in [1.807, 2.05) is 48.7 Å². The van der Waals surface area contributed by atoms with Crippen LogP contribution >= 0.6 is 28.1 Å². The van der Waals surface area contributed by atoms with Crippen molar-refractivity contribution in [2.75, 3.05) is 4.90 Å². The molecule has 2 aromatic carbocycles. The minimum Gasteiger partial charge on any atom is -0.490 e. The van der Waals surface area contributed by atoms with Crippen molar-refractivity contribution in [1.82, 2.24) is 10.3 Å². The molecule has 2 fully saturated rings. The fourth-order valence-electron chi connectivity index (χ4n) is 5.28. The number of aryl methyl sites for hydroxylation is 1. The van der Waals surface area contributed by atoms with Crippen molar-refractivity contribution in [3.05, 3.63) is 100 Å². The Balaban J connectivity index is 1.36. The van der Waals surface area contributed by atoms with E-state index in [0.29, 0.717) is 11.2 Å². The highest BCUT2D eigenvalue weighted by Gasteiger charge is 2.42. The predicted molar refractivity (Wildman–Crippen MR) is 154 cm³/mol. The van der Waals surface area contributed by atoms with Gasteiger partial charge in [0, 0.05) is 21.9 Å². The highest BCUT2D eigenvalue weighted by molar-refractivity contribution is 9.10. The Morgan fingerprint density at radius 1 is 1.03 bits per heavy atom. The van der Waals surface area contributed by atoms with Crippen molar-refractivity contribution < 1.29 is 9.15 Å². The van der Waals surface area contributed by atoms with Gasteiger partial charge < -0.3 is 19.4 Å². The van der Waals surface area contributed by atoms with Crippen LogP contribution in [-0.4, -0.2) is 16.2 Å². The molecule has 1 saturated carbocycles. The van der Waals surface area contributed by atoms with Crippen molar-refractivity contribution in [1.29, 1.82) is 0 Å². The molecular weight excluding hydrogens is 546 g/mol. The number of nitrogens with one attached hydrogen (secondary N) is 1. The average Bonchev–Trinajstić information content (AvgIpc) is 3.66. The maximum atomic E-state index is 6.51. The smallest absolute Gasteiger partial charge is 0.174 e. The number of furan rings is 1. The summed E-state index contributed by atoms with van der Waals surface area (Å²) in [4.78, 5) is 6.77. The van der Waals surface area contributed by atoms with Gasteiger partial charge in [0.25, 0.3) is 0 Å². The van der Waals surface area contributed by atoms with E-state index in [-0.39, 0.29) is 12.1 Å². The minimum atomic E-state index is -0.207. The van der Waals surface area contributed by atoms with Crippen LogP contribution in [-0.2, 0) is 0 Å². The van der Waals surface area contributed by atoms with Gasteiger partial charge in [-0.2, -0.15) is 0 Å². The predicted octanol–water partition coefficient (Wildman–Crippen LogP) is 7.91. The number of aromatic nitrogens is 1. The fraction of sp³-hybridized carbons (Fsp3) is 0.267. The van der Waals surface area contributed by atoms with E-state index < -0.39 is 0 Å². The quantitative estimate of drug-likeness (QED) is 0.236. The zero-order chi connectivity index (χ0) is 25.4. The third-order valence-corrected chi connectivity index (χ3v) is 8.10. The second-order valence-electron chi connectivity index (χ2n) is 9.70. The molecule has 0 bridgehead atoms. The van der Waals surface area contributed by atoms with E-state index in [1.54, 1.807) is 0 Å². The van der Waals surface area contributed by atoms with Crippen LogP contribution in [0.2, 0.25) is 0 Å². The molecule has 0 radical (unpaired) electrons. The molecule has 0 spiro atoms. The molecule has 7 heteroatoms. The van der Waals surface area contributed by atoms with E-state index >= 15 is 0 Å². The summed E-state index contributed by atoms with van der Waals surface area (Å²) in [5.41, 5.74) is 4.09. The molecule has 3 heterocycles. The van der Waals surface area contributed by atoms with Gasteiger partial charge in [-0.1, -0.05) is 28.1 Å². The molecule has 5 nitrogen and oxygen atoms in total. The summed E-state index contributed by atoms with van der Waals surface area (Å²) in [5.74, 6) is 2.52. The summed E-state index contributed by atoms with van der Waals surface area (Å²) in [6.07, 6.45) is 6.89. The topological polar surface area (TPSA) is 50.5 Å². The van der Waals surface area contributed by atoms with Crippen LogP contribution in [0.1, 0.15) is 54.8 Å². The summed E-state index contributed by atoms with van der Waals surface area (Å²) in [6, 6.07) is 24.1. The van der Waals surface area contributed by atoms with Crippen LogP contribution in [0, 0.1) is 6.92 Å². The number of rotatable bonds is 6. The van der Waals surface area contributed by atoms with Gasteiger partial charge in [-0.05, 0) is 111 Å². The lowest BCUT2D eigenvalue weighted by atomic mass is 10.0. The number of pyridine rings is 1. The summed E-state index contributed by atoms with van der Waals surface area (Å²) >= 11 is 9.56. The monoisotopic (exact) mass is 573 g/mol. The van der Waals surface area contributed by atoms with E-state index in [9.17, 15) is 0 Å². The second-order valence-corrected chi connectivity index (χ2v) is 10.9. The molecule has 1 aliphatic heterocycles. The van der Waals surface area contributed by atoms with Gasteiger partial charge in [-0.15, -0.1) is 0 Å². The molecule has 1 saturated heterocycles. The molecule has 6 rings (SSSR count). The largest absolute Gasteiger partial charge is 0.490 e. The number of thiocarbonyl (C=S) groups is 1. The normalized spacial score (nSPS) is 19.8. The van der Waals surface area contributed by atoms with Gasteiger partial charge in [0.15, 0.2) is 5.11 Å². The van der Waals surface area contributed by atoms with Crippen LogP contribution in [0.5, 0.6) is 5.75 Å². The van der Waals surface area contributed by atoms with E-state index in [2.05, 4.69) is 68.4 Å². The molecule has 37 heavy (non-hydrogen) atoms. The van der Waals surface area contributed by atoms with E-state index in [1.165, 1.54) is 18.4 Å². The summed E-state index contributed by atoms with van der Waals surface area (Å²) in [5, 5.41) is 4.14. The number of anilines is 1. The summed E-state index contributed by atoms with van der Waals surface area (Å²) < 4.78 is 13.7. The van der Waals surface area contributed by atoms with Gasteiger partial charge in [-0.25, -0.2) is 0 Å². The van der Waals surface area contributed by atoms with Crippen molar-refractivity contribution in [3.63, 3.8) is 0 Å². The molecule has 2 aromatic heterocycles. The van der Waals surface area contributed by atoms with Gasteiger partial charge in [0.05, 0.1) is 17.8 Å². The molecule has 1 N–H and O–H groups in total. The van der Waals surface area contributed by atoms with Gasteiger partial charge in [0.1, 0.15) is 23.3 Å². The summed E-state index contributed by atoms with van der Waals surface area (Å²) in [7, 11) is 0. The number of hydrogen-bond donors (Lipinski definition) is 1. The van der Waals surface area contributed by atoms with E-state index in [0.717, 1.165) is 51.5 Å². The van der Waals surface area contributed by atoms with Crippen molar-refractivity contribution in [2.24, 2.45) is 0 Å². The molecular formula is C30H28BrN3O2S. The summed E-state index contributed by atoms with van der Waals surface area (Å²) in [6.45, 7) is 2.08. The molecule has 1 aliphatic carbocycles. The first-order valence-corrected chi connectivity index (χ1v) is 13.9. The zero-order valence-corrected chi connectivity index (χ0v) is 23.0. The SMILES string of the molecule is Cc1ccc(-c2ccc([C@@H]3[C@@H](c4ccccn4)NC(=S)N3c3ccc(OC4CCCC4)cc3)o2)c(Br)c1. The molecule has 0 amide bonds. The Labute approximate surface area is 231 Å². The zero-order valence-electron chi connectivity index (χ0n) is 20.6. The number of halogens is 1. The van der Waals surface area contributed by atoms with Gasteiger partial charge >= 0.3 is 0 Å². The van der Waals surface area contributed by atoms with Crippen LogP contribution in [0.4, 0.5) is 5.69 Å². The first kappa shape index (κ1) is 24.2. The van der Waals surface area contributed by atoms with Crippen LogP contribution in [0.15, 0.2) is 87.9 Å². The second kappa shape index (κ2) is 10.3. The Hall–Kier alpha value is -3.16. The Morgan fingerprint density at radius 3 is 2.57 bits per heavy atom. The maximum absolute atomic E-state index is 6.51. The lowest BCUT2D eigenvalue weighted by Gasteiger charge is -2.26. The average molecular weight is 575 g/mol.